The molecular formula is C22H25N7O11S2. The summed E-state index contributed by atoms with van der Waals surface area (Å²) in [7, 11) is 0. The number of hydrogen-bond acceptors (Lipinski definition) is 13. The Labute approximate surface area is 242 Å². The fourth-order valence-corrected chi connectivity index (χ4v) is 5.53. The van der Waals surface area contributed by atoms with Crippen molar-refractivity contribution < 1.29 is 48.2 Å². The van der Waals surface area contributed by atoms with Gasteiger partial charge >= 0.3 is 12.0 Å². The van der Waals surface area contributed by atoms with Gasteiger partial charge in [0.05, 0.1) is 30.4 Å². The number of Topliss-reactive ketones (excluding diaryl/α,β-unsaturated/α-hetero) is 1. The minimum Gasteiger partial charge on any atom is -0.503 e. The summed E-state index contributed by atoms with van der Waals surface area (Å²) in [5.74, 6) is -4.78. The van der Waals surface area contributed by atoms with E-state index in [1.165, 1.54) is 5.38 Å². The van der Waals surface area contributed by atoms with E-state index in [2.05, 4.69) is 20.8 Å². The van der Waals surface area contributed by atoms with Gasteiger partial charge in [-0.2, -0.15) is 4.73 Å². The number of carbonyl (C=O) groups excluding carboxylic acids is 3. The number of β-lactam (4-membered cyclic amide) rings is 1. The van der Waals surface area contributed by atoms with Gasteiger partial charge in [0.1, 0.15) is 5.69 Å². The molecule has 1 aliphatic heterocycles. The van der Waals surface area contributed by atoms with Gasteiger partial charge in [-0.25, -0.2) is 23.1 Å². The van der Waals surface area contributed by atoms with Crippen molar-refractivity contribution in [2.75, 3.05) is 12.3 Å². The van der Waals surface area contributed by atoms with Gasteiger partial charge in [-0.15, -0.1) is 11.3 Å². The molecule has 0 spiro atoms. The van der Waals surface area contributed by atoms with E-state index in [9.17, 15) is 48.2 Å². The number of aromatic nitrogens is 2. The van der Waals surface area contributed by atoms with Crippen LogP contribution in [0.25, 0.3) is 0 Å². The Kier molecular flexibility index (Phi) is 8.78. The van der Waals surface area contributed by atoms with Crippen LogP contribution >= 0.6 is 11.3 Å². The first-order valence-electron chi connectivity index (χ1n) is 12.2. The molecule has 20 heteroatoms. The topological polar surface area (TPSA) is 276 Å². The highest BCUT2D eigenvalue weighted by Gasteiger charge is 2.52. The van der Waals surface area contributed by atoms with Gasteiger partial charge in [-0.05, 0) is 6.42 Å². The highest BCUT2D eigenvalue weighted by atomic mass is 32.2. The first-order valence-corrected chi connectivity index (χ1v) is 14.1. The SMILES string of the molecule is Nc1nc(/C(=N/OC2(C(=O)O)CCC2)C(=O)C[C@@H]2C(=O)N(S(=O)O)[C@@H]2CNC(=O)NCc2cc(=O)c(O)cn2O)cs1. The maximum atomic E-state index is 13.3. The van der Waals surface area contributed by atoms with Crippen LogP contribution in [0.3, 0.4) is 0 Å². The molecule has 0 radical (unpaired) electrons. The molecule has 0 aromatic carbocycles. The molecule has 2 aromatic rings. The quantitative estimate of drug-likeness (QED) is 0.0488. The maximum Gasteiger partial charge on any atom is 0.350 e. The van der Waals surface area contributed by atoms with Gasteiger partial charge in [0, 0.05) is 37.3 Å². The monoisotopic (exact) mass is 627 g/mol. The molecule has 8 N–H and O–H groups in total. The lowest BCUT2D eigenvalue weighted by Crippen LogP contribution is -2.65. The van der Waals surface area contributed by atoms with Gasteiger partial charge in [0.2, 0.25) is 16.9 Å². The second kappa shape index (κ2) is 12.1. The number of nitrogens with two attached hydrogens (primary N) is 1. The lowest BCUT2D eigenvalue weighted by atomic mass is 9.80. The number of ketones is 1. The predicted molar refractivity (Wildman–Crippen MR) is 143 cm³/mol. The molecule has 1 aliphatic carbocycles. The van der Waals surface area contributed by atoms with Gasteiger partial charge in [-0.3, -0.25) is 18.9 Å². The molecule has 18 nitrogen and oxygen atoms in total. The van der Waals surface area contributed by atoms with Gasteiger partial charge in [0.15, 0.2) is 22.4 Å². The van der Waals surface area contributed by atoms with Crippen LogP contribution < -0.4 is 21.8 Å². The Balaban J connectivity index is 1.44. The third-order valence-corrected chi connectivity index (χ3v) is 8.22. The zero-order chi connectivity index (χ0) is 30.8. The molecule has 2 fully saturated rings. The molecule has 1 unspecified atom stereocenters. The molecule has 226 valence electrons. The molecular weight excluding hydrogens is 602 g/mol. The van der Waals surface area contributed by atoms with Crippen molar-refractivity contribution in [1.82, 2.24) is 24.7 Å². The van der Waals surface area contributed by atoms with E-state index in [0.29, 0.717) is 15.5 Å². The largest absolute Gasteiger partial charge is 0.503 e. The van der Waals surface area contributed by atoms with Crippen molar-refractivity contribution in [2.24, 2.45) is 11.1 Å². The number of nitrogens with zero attached hydrogens (tertiary/aromatic N) is 4. The lowest BCUT2D eigenvalue weighted by molar-refractivity contribution is -0.178. The molecule has 1 saturated carbocycles. The fourth-order valence-electron chi connectivity index (χ4n) is 4.24. The number of nitrogen functional groups attached to an aromatic ring is 1. The summed E-state index contributed by atoms with van der Waals surface area (Å²) in [4.78, 5) is 70.7. The predicted octanol–water partition coefficient (Wildman–Crippen LogP) is -1.02. The number of oxime groups is 1. The van der Waals surface area contributed by atoms with Crippen LogP contribution in [-0.4, -0.2) is 85.8 Å². The van der Waals surface area contributed by atoms with Crippen molar-refractivity contribution in [3.8, 4) is 5.75 Å². The van der Waals surface area contributed by atoms with Crippen molar-refractivity contribution in [1.29, 1.82) is 0 Å². The van der Waals surface area contributed by atoms with Crippen molar-refractivity contribution in [3.05, 3.63) is 39.3 Å². The molecule has 3 atom stereocenters. The minimum absolute atomic E-state index is 0.0117. The number of hydrogen-bond donors (Lipinski definition) is 7. The van der Waals surface area contributed by atoms with E-state index < -0.39 is 70.1 Å². The molecule has 2 aromatic heterocycles. The number of carbonyl (C=O) groups is 4. The smallest absolute Gasteiger partial charge is 0.350 e. The average Bonchev–Trinajstić information content (AvgIpc) is 3.32. The average molecular weight is 628 g/mol. The molecule has 3 heterocycles. The molecule has 0 bridgehead atoms. The molecule has 2 aliphatic rings. The van der Waals surface area contributed by atoms with Crippen molar-refractivity contribution >= 4 is 57.1 Å². The number of urea groups is 1. The van der Waals surface area contributed by atoms with E-state index in [4.69, 9.17) is 10.6 Å². The van der Waals surface area contributed by atoms with Gasteiger partial charge in [0.25, 0.3) is 11.3 Å². The summed E-state index contributed by atoms with van der Waals surface area (Å²) in [6.07, 6.45) is 1.11. The summed E-state index contributed by atoms with van der Waals surface area (Å²) >= 11 is -1.79. The Bertz CT molecular complexity index is 1530. The maximum absolute atomic E-state index is 13.3. The third-order valence-electron chi connectivity index (χ3n) is 6.76. The summed E-state index contributed by atoms with van der Waals surface area (Å²) < 4.78 is 22.3. The second-order valence-corrected chi connectivity index (χ2v) is 11.1. The lowest BCUT2D eigenvalue weighted by Gasteiger charge is -2.43. The van der Waals surface area contributed by atoms with Crippen LogP contribution in [0.4, 0.5) is 9.93 Å². The minimum atomic E-state index is -2.77. The number of carboxylic acids is 1. The van der Waals surface area contributed by atoms with Gasteiger partial charge in [-0.1, -0.05) is 5.16 Å². The van der Waals surface area contributed by atoms with E-state index in [1.54, 1.807) is 0 Å². The number of amides is 3. The van der Waals surface area contributed by atoms with Crippen LogP contribution in [0.15, 0.2) is 27.6 Å². The normalized spacial score (nSPS) is 20.2. The molecule has 1 saturated heterocycles. The Morgan fingerprint density at radius 2 is 2.00 bits per heavy atom. The zero-order valence-corrected chi connectivity index (χ0v) is 23.1. The molecule has 42 heavy (non-hydrogen) atoms. The number of aliphatic carboxylic acids is 1. The van der Waals surface area contributed by atoms with E-state index in [-0.39, 0.29) is 48.2 Å². The first kappa shape index (κ1) is 30.4. The number of pyridine rings is 1. The molecule has 3 amide bonds. The Hall–Kier alpha value is -4.56. The summed E-state index contributed by atoms with van der Waals surface area (Å²) in [6.45, 7) is -0.731. The van der Waals surface area contributed by atoms with Crippen molar-refractivity contribution in [2.45, 2.75) is 43.9 Å². The summed E-state index contributed by atoms with van der Waals surface area (Å²) in [5, 5.41) is 38.5. The van der Waals surface area contributed by atoms with Gasteiger partial charge < -0.3 is 36.6 Å². The second-order valence-electron chi connectivity index (χ2n) is 9.37. The van der Waals surface area contributed by atoms with E-state index in [1.807, 2.05) is 0 Å². The Morgan fingerprint density at radius 1 is 1.29 bits per heavy atom. The van der Waals surface area contributed by atoms with E-state index >= 15 is 0 Å². The fraction of sp³-hybridized carbons (Fsp3) is 0.409. The number of carboxylic acid groups (broad SMARTS) is 1. The van der Waals surface area contributed by atoms with Crippen LogP contribution in [-0.2, 0) is 37.0 Å². The number of nitrogens with one attached hydrogen (secondary N) is 2. The van der Waals surface area contributed by atoms with Crippen LogP contribution in [0.1, 0.15) is 37.1 Å². The zero-order valence-electron chi connectivity index (χ0n) is 21.5. The van der Waals surface area contributed by atoms with Crippen LogP contribution in [0.2, 0.25) is 0 Å². The highest BCUT2D eigenvalue weighted by Crippen LogP contribution is 2.36. The highest BCUT2D eigenvalue weighted by molar-refractivity contribution is 7.77. The number of anilines is 1. The Morgan fingerprint density at radius 3 is 2.57 bits per heavy atom. The molecule has 4 rings (SSSR count). The van der Waals surface area contributed by atoms with Crippen molar-refractivity contribution in [3.63, 3.8) is 0 Å². The standard InChI is InChI=1S/C22H25N7O11S2/c23-20-26-12(9-41-20)17(27-40-22(19(34)35)2-1-3-22)15(31)5-11-13(29(18(11)33)42(38)39)7-25-21(36)24-6-10-4-14(30)16(32)8-28(10)37/h4,8-9,11,13,32,37H,1-3,5-7H2,(H2,23,26)(H,34,35)(H,38,39)(H2,24,25,36)/b27-17-/t11-,13+/m0/s1. The number of aromatic hydroxyl groups is 1. The third kappa shape index (κ3) is 6.19. The van der Waals surface area contributed by atoms with Crippen LogP contribution in [0.5, 0.6) is 5.75 Å². The number of rotatable bonds is 12. The van der Waals surface area contributed by atoms with Crippen LogP contribution in [0, 0.1) is 5.92 Å². The number of thiazole rings is 1. The van der Waals surface area contributed by atoms with E-state index in [0.717, 1.165) is 23.6 Å². The first-order chi connectivity index (χ1) is 19.8. The summed E-state index contributed by atoms with van der Waals surface area (Å²) in [5.41, 5.74) is 2.80. The summed E-state index contributed by atoms with van der Waals surface area (Å²) in [6, 6.07) is -1.07.